The average molecular weight is 204 g/mol. The van der Waals surface area contributed by atoms with Crippen molar-refractivity contribution in [2.24, 2.45) is 0 Å². The molecule has 4 heteroatoms. The topological polar surface area (TPSA) is 50.8 Å². The van der Waals surface area contributed by atoms with Crippen molar-refractivity contribution in [1.82, 2.24) is 0 Å². The lowest BCUT2D eigenvalue weighted by atomic mass is 10.2. The molecule has 1 saturated heterocycles. The molecule has 0 aromatic heterocycles. The van der Waals surface area contributed by atoms with Gasteiger partial charge in [-0.05, 0) is 25.7 Å². The molecule has 0 radical (unpaired) electrons. The molecule has 2 N–H and O–H groups in total. The molecule has 1 aliphatic carbocycles. The smallest absolute Gasteiger partial charge is 0.156 e. The molecular formula is C9H18NO2S+. The molecule has 2 fully saturated rings. The molecule has 13 heavy (non-hydrogen) atoms. The summed E-state index contributed by atoms with van der Waals surface area (Å²) in [6, 6.07) is 1.09. The van der Waals surface area contributed by atoms with Crippen LogP contribution in [0.5, 0.6) is 0 Å². The number of nitrogens with two attached hydrogens (primary N) is 1. The number of quaternary nitrogens is 1. The molecular weight excluding hydrogens is 186 g/mol. The van der Waals surface area contributed by atoms with Gasteiger partial charge in [0.2, 0.25) is 0 Å². The van der Waals surface area contributed by atoms with Crippen molar-refractivity contribution >= 4 is 9.84 Å². The van der Waals surface area contributed by atoms with Gasteiger partial charge in [0.1, 0.15) is 11.8 Å². The zero-order valence-electron chi connectivity index (χ0n) is 7.91. The van der Waals surface area contributed by atoms with Crippen LogP contribution in [0.3, 0.4) is 0 Å². The average Bonchev–Trinajstić information content (AvgIpc) is 2.61. The fraction of sp³-hybridized carbons (Fsp3) is 1.00. The Labute approximate surface area is 79.8 Å². The quantitative estimate of drug-likeness (QED) is 0.670. The van der Waals surface area contributed by atoms with Crippen LogP contribution in [-0.4, -0.2) is 32.0 Å². The highest BCUT2D eigenvalue weighted by atomic mass is 32.2. The van der Waals surface area contributed by atoms with Gasteiger partial charge >= 0.3 is 0 Å². The highest BCUT2D eigenvalue weighted by Crippen LogP contribution is 2.16. The van der Waals surface area contributed by atoms with Crippen LogP contribution in [0.1, 0.15) is 32.1 Å². The summed E-state index contributed by atoms with van der Waals surface area (Å²) < 4.78 is 22.4. The van der Waals surface area contributed by atoms with E-state index < -0.39 is 9.84 Å². The minimum Gasteiger partial charge on any atom is -0.341 e. The van der Waals surface area contributed by atoms with E-state index in [2.05, 4.69) is 5.32 Å². The van der Waals surface area contributed by atoms with Gasteiger partial charge < -0.3 is 5.32 Å². The fourth-order valence-electron chi connectivity index (χ4n) is 2.51. The molecule has 0 aromatic rings. The Morgan fingerprint density at radius 1 is 1.00 bits per heavy atom. The van der Waals surface area contributed by atoms with Crippen molar-refractivity contribution in [3.8, 4) is 0 Å². The third-order valence-corrected chi connectivity index (χ3v) is 5.01. The van der Waals surface area contributed by atoms with Crippen LogP contribution in [-0.2, 0) is 9.84 Å². The van der Waals surface area contributed by atoms with Crippen LogP contribution in [0, 0.1) is 0 Å². The highest BCUT2D eigenvalue weighted by Gasteiger charge is 2.33. The summed E-state index contributed by atoms with van der Waals surface area (Å²) in [4.78, 5) is 0. The van der Waals surface area contributed by atoms with Gasteiger partial charge in [0.05, 0.1) is 11.8 Å². The summed E-state index contributed by atoms with van der Waals surface area (Å²) in [5.74, 6) is 0.838. The van der Waals surface area contributed by atoms with Gasteiger partial charge in [-0.3, -0.25) is 0 Å². The van der Waals surface area contributed by atoms with Crippen molar-refractivity contribution in [3.63, 3.8) is 0 Å². The Morgan fingerprint density at radius 2 is 1.69 bits per heavy atom. The first-order chi connectivity index (χ1) is 6.16. The second-order valence-electron chi connectivity index (χ2n) is 4.40. The number of hydrogen-bond acceptors (Lipinski definition) is 2. The maximum atomic E-state index is 11.2. The standard InChI is InChI=1S/C9H17NO2S/c11-13(12)6-5-9(7-13)10-8-3-1-2-4-8/h8-10H,1-7H2/p+1/t9-/m1/s1. The maximum Gasteiger partial charge on any atom is 0.156 e. The van der Waals surface area contributed by atoms with Crippen LogP contribution in [0.15, 0.2) is 0 Å². The third kappa shape index (κ3) is 2.44. The first kappa shape index (κ1) is 9.46. The fourth-order valence-corrected chi connectivity index (χ4v) is 4.27. The molecule has 0 amide bonds. The summed E-state index contributed by atoms with van der Waals surface area (Å²) in [5, 5.41) is 2.32. The van der Waals surface area contributed by atoms with Crippen LogP contribution >= 0.6 is 0 Å². The molecule has 2 rings (SSSR count). The van der Waals surface area contributed by atoms with Crippen molar-refractivity contribution in [2.75, 3.05) is 11.5 Å². The second-order valence-corrected chi connectivity index (χ2v) is 6.63. The summed E-state index contributed by atoms with van der Waals surface area (Å²) >= 11 is 0. The van der Waals surface area contributed by atoms with Gasteiger partial charge in [-0.2, -0.15) is 0 Å². The summed E-state index contributed by atoms with van der Waals surface area (Å²) in [7, 11) is -2.67. The lowest BCUT2D eigenvalue weighted by molar-refractivity contribution is -0.715. The Hall–Kier alpha value is -0.0900. The van der Waals surface area contributed by atoms with E-state index in [0.29, 0.717) is 17.5 Å². The second kappa shape index (κ2) is 3.58. The van der Waals surface area contributed by atoms with E-state index in [1.807, 2.05) is 0 Å². The maximum absolute atomic E-state index is 11.2. The molecule has 0 unspecified atom stereocenters. The SMILES string of the molecule is O=S1(=O)CC[C@@H]([NH2+]C2CCCC2)C1. The largest absolute Gasteiger partial charge is 0.341 e. The predicted octanol–water partition coefficient (Wildman–Crippen LogP) is -0.320. The van der Waals surface area contributed by atoms with Crippen molar-refractivity contribution < 1.29 is 13.7 Å². The van der Waals surface area contributed by atoms with Gasteiger partial charge in [0.25, 0.3) is 0 Å². The Bertz CT molecular complexity index is 267. The van der Waals surface area contributed by atoms with E-state index in [-0.39, 0.29) is 0 Å². The van der Waals surface area contributed by atoms with Gasteiger partial charge in [-0.15, -0.1) is 0 Å². The lowest BCUT2D eigenvalue weighted by Crippen LogP contribution is -2.95. The summed E-state index contributed by atoms with van der Waals surface area (Å²) in [6.07, 6.45) is 6.12. The van der Waals surface area contributed by atoms with Gasteiger partial charge in [-0.25, -0.2) is 8.42 Å². The molecule has 1 aliphatic heterocycles. The number of rotatable bonds is 2. The summed E-state index contributed by atoms with van der Waals surface area (Å²) in [5.41, 5.74) is 0. The zero-order valence-corrected chi connectivity index (χ0v) is 8.72. The lowest BCUT2D eigenvalue weighted by Gasteiger charge is -2.12. The molecule has 0 spiro atoms. The van der Waals surface area contributed by atoms with E-state index in [4.69, 9.17) is 0 Å². The Kier molecular flexibility index (Phi) is 2.60. The highest BCUT2D eigenvalue weighted by molar-refractivity contribution is 7.91. The van der Waals surface area contributed by atoms with E-state index in [0.717, 1.165) is 12.5 Å². The molecule has 0 bridgehead atoms. The molecule has 3 nitrogen and oxygen atoms in total. The first-order valence-electron chi connectivity index (χ1n) is 5.21. The monoisotopic (exact) mass is 204 g/mol. The molecule has 1 atom stereocenters. The zero-order chi connectivity index (χ0) is 9.31. The first-order valence-corrected chi connectivity index (χ1v) is 7.03. The minimum absolute atomic E-state index is 0.369. The van der Waals surface area contributed by atoms with Gasteiger partial charge in [0, 0.05) is 6.42 Å². The van der Waals surface area contributed by atoms with Crippen LogP contribution in [0.4, 0.5) is 0 Å². The van der Waals surface area contributed by atoms with Crippen molar-refractivity contribution in [3.05, 3.63) is 0 Å². The minimum atomic E-state index is -2.67. The Balaban J connectivity index is 1.83. The number of sulfone groups is 1. The third-order valence-electron chi connectivity index (χ3n) is 3.21. The van der Waals surface area contributed by atoms with Gasteiger partial charge in [0.15, 0.2) is 9.84 Å². The molecule has 2 aliphatic rings. The van der Waals surface area contributed by atoms with E-state index in [9.17, 15) is 8.42 Å². The van der Waals surface area contributed by atoms with Crippen LogP contribution in [0.2, 0.25) is 0 Å². The van der Waals surface area contributed by atoms with E-state index in [1.165, 1.54) is 25.7 Å². The van der Waals surface area contributed by atoms with Crippen LogP contribution in [0.25, 0.3) is 0 Å². The van der Waals surface area contributed by atoms with E-state index >= 15 is 0 Å². The van der Waals surface area contributed by atoms with Crippen molar-refractivity contribution in [1.29, 1.82) is 0 Å². The van der Waals surface area contributed by atoms with Crippen molar-refractivity contribution in [2.45, 2.75) is 44.2 Å². The van der Waals surface area contributed by atoms with Crippen LogP contribution < -0.4 is 5.32 Å². The molecule has 1 heterocycles. The predicted molar refractivity (Wildman–Crippen MR) is 51.2 cm³/mol. The van der Waals surface area contributed by atoms with E-state index in [1.54, 1.807) is 0 Å². The summed E-state index contributed by atoms with van der Waals surface area (Å²) in [6.45, 7) is 0. The molecule has 1 saturated carbocycles. The molecule has 0 aromatic carbocycles. The number of hydrogen-bond donors (Lipinski definition) is 1. The Morgan fingerprint density at radius 3 is 2.23 bits per heavy atom. The molecule has 76 valence electrons. The van der Waals surface area contributed by atoms with Gasteiger partial charge in [-0.1, -0.05) is 0 Å². The normalized spacial score (nSPS) is 34.0.